The van der Waals surface area contributed by atoms with Gasteiger partial charge in [0.25, 0.3) is 0 Å². The van der Waals surface area contributed by atoms with Crippen molar-refractivity contribution < 1.29 is 82.7 Å². The second kappa shape index (κ2) is 29.3. The Balaban J connectivity index is -0.0000000104. The normalized spacial score (nSPS) is 4.80. The molecule has 0 rings (SSSR count). The Labute approximate surface area is 128 Å². The van der Waals surface area contributed by atoms with E-state index in [1.807, 2.05) is 0 Å². The Morgan fingerprint density at radius 2 is 0.600 bits per heavy atom. The first-order valence-electron chi connectivity index (χ1n) is 1.95. The van der Waals surface area contributed by atoms with Gasteiger partial charge in [-0.1, -0.05) is 0 Å². The molecule has 0 aromatic heterocycles. The molecule has 0 saturated heterocycles. The van der Waals surface area contributed by atoms with Gasteiger partial charge in [-0.2, -0.15) is 0 Å². The Morgan fingerprint density at radius 1 is 0.600 bits per heavy atom. The Morgan fingerprint density at radius 3 is 0.600 bits per heavy atom. The number of hydrogen-bond donors (Lipinski definition) is 6. The van der Waals surface area contributed by atoms with Gasteiger partial charge in [0.05, 0.1) is 0 Å². The van der Waals surface area contributed by atoms with Gasteiger partial charge >= 0.3 is 65.2 Å². The maximum absolute atomic E-state index is 8.74. The summed E-state index contributed by atoms with van der Waals surface area (Å²) >= 11 is 0. The molecule has 0 atom stereocenters. The van der Waals surface area contributed by atoms with Gasteiger partial charge in [0.15, 0.2) is 0 Å². The number of rotatable bonds is 0. The maximum Gasteiger partial charge on any atom is 1.00 e. The van der Waals surface area contributed by atoms with Crippen molar-refractivity contribution in [2.24, 2.45) is 0 Å². The molecular formula is H8Li3O9Si3. The van der Waals surface area contributed by atoms with Gasteiger partial charge in [0.1, 0.15) is 0 Å². The van der Waals surface area contributed by atoms with Crippen molar-refractivity contribution >= 4 is 46.4 Å². The SMILES string of the molecule is O=[Si](O)O.O=[Si](O)O.O=[Si](O)O.[H-].[H-].[Li+].[Li+].[Li]. The molecule has 0 amide bonds. The average Bonchev–Trinajstić information content (AvgIpc) is 1.54. The molecule has 9 nitrogen and oxygen atoms in total. The first-order valence-corrected chi connectivity index (χ1v) is 5.86. The van der Waals surface area contributed by atoms with Crippen LogP contribution in [0.3, 0.4) is 0 Å². The van der Waals surface area contributed by atoms with Crippen LogP contribution in [0.1, 0.15) is 2.85 Å². The van der Waals surface area contributed by atoms with E-state index in [0.717, 1.165) is 0 Å². The van der Waals surface area contributed by atoms with Gasteiger partial charge in [-0.05, 0) is 0 Å². The summed E-state index contributed by atoms with van der Waals surface area (Å²) in [6.45, 7) is 0. The molecule has 0 aromatic carbocycles. The van der Waals surface area contributed by atoms with Crippen LogP contribution >= 0.6 is 0 Å². The van der Waals surface area contributed by atoms with Crippen LogP contribution in [0.15, 0.2) is 0 Å². The van der Waals surface area contributed by atoms with E-state index < -0.39 is 27.5 Å². The van der Waals surface area contributed by atoms with Crippen LogP contribution < -0.4 is 37.7 Å². The van der Waals surface area contributed by atoms with Crippen molar-refractivity contribution in [3.05, 3.63) is 0 Å². The molecule has 15 heavy (non-hydrogen) atoms. The van der Waals surface area contributed by atoms with Crippen LogP contribution in [0.4, 0.5) is 0 Å². The predicted octanol–water partition coefficient (Wildman–Crippen LogP) is -11.0. The molecule has 0 aliphatic rings. The summed E-state index contributed by atoms with van der Waals surface area (Å²) in [6, 6.07) is 0. The second-order valence-electron chi connectivity index (χ2n) is 0.848. The molecule has 0 bridgehead atoms. The number of hydrogen-bond acceptors (Lipinski definition) is 3. The summed E-state index contributed by atoms with van der Waals surface area (Å²) < 4.78 is 26.2. The Kier molecular flexibility index (Phi) is 70.5. The minimum atomic E-state index is -3.13. The van der Waals surface area contributed by atoms with Crippen molar-refractivity contribution in [1.29, 1.82) is 0 Å². The van der Waals surface area contributed by atoms with Crippen molar-refractivity contribution in [1.82, 2.24) is 0 Å². The molecule has 0 aromatic rings. The zero-order chi connectivity index (χ0) is 10.7. The van der Waals surface area contributed by atoms with Gasteiger partial charge < -0.3 is 31.6 Å². The fourth-order valence-electron chi connectivity index (χ4n) is 0. The van der Waals surface area contributed by atoms with Crippen molar-refractivity contribution in [3.63, 3.8) is 0 Å². The predicted molar refractivity (Wildman–Crippen MR) is 40.6 cm³/mol. The molecule has 0 spiro atoms. The topological polar surface area (TPSA) is 173 Å². The molecule has 0 unspecified atom stereocenters. The minimum Gasteiger partial charge on any atom is -1.00 e. The second-order valence-corrected chi connectivity index (χ2v) is 2.54. The molecule has 0 aliphatic heterocycles. The van der Waals surface area contributed by atoms with Crippen LogP contribution in [0.5, 0.6) is 0 Å². The summed E-state index contributed by atoms with van der Waals surface area (Å²) in [5.41, 5.74) is 0. The molecular weight excluding hydrogens is 249 g/mol. The van der Waals surface area contributed by atoms with Gasteiger partial charge in [0.2, 0.25) is 0 Å². The average molecular weight is 257 g/mol. The molecule has 77 valence electrons. The monoisotopic (exact) mass is 257 g/mol. The molecule has 0 heterocycles. The summed E-state index contributed by atoms with van der Waals surface area (Å²) in [5.74, 6) is 0. The molecule has 6 N–H and O–H groups in total. The van der Waals surface area contributed by atoms with Crippen LogP contribution in [0.25, 0.3) is 0 Å². The van der Waals surface area contributed by atoms with E-state index in [2.05, 4.69) is 0 Å². The molecule has 0 fully saturated rings. The third-order valence-electron chi connectivity index (χ3n) is 0. The zero-order valence-corrected chi connectivity index (χ0v) is 11.4. The van der Waals surface area contributed by atoms with E-state index in [1.165, 1.54) is 0 Å². The van der Waals surface area contributed by atoms with E-state index >= 15 is 0 Å². The molecule has 0 saturated carbocycles. The van der Waals surface area contributed by atoms with Gasteiger partial charge in [-0.15, -0.1) is 0 Å². The summed E-state index contributed by atoms with van der Waals surface area (Å²) in [4.78, 5) is 42.9. The van der Waals surface area contributed by atoms with Crippen molar-refractivity contribution in [3.8, 4) is 0 Å². The Hall–Kier alpha value is 0.643. The Bertz CT molecular complexity index is 127. The van der Waals surface area contributed by atoms with Crippen LogP contribution in [0, 0.1) is 0 Å². The zero-order valence-electron chi connectivity index (χ0n) is 10.4. The van der Waals surface area contributed by atoms with Gasteiger partial charge in [-0.25, -0.2) is 0 Å². The van der Waals surface area contributed by atoms with E-state index in [0.29, 0.717) is 0 Å². The van der Waals surface area contributed by atoms with Crippen molar-refractivity contribution in [2.75, 3.05) is 0 Å². The molecule has 1 radical (unpaired) electrons. The van der Waals surface area contributed by atoms with Crippen LogP contribution in [-0.4, -0.2) is 75.1 Å². The van der Waals surface area contributed by atoms with Gasteiger partial charge in [-0.3, -0.25) is 13.4 Å². The largest absolute Gasteiger partial charge is 1.00 e. The summed E-state index contributed by atoms with van der Waals surface area (Å²) in [7, 11) is -9.39. The fraction of sp³-hybridized carbons (Fsp3) is 0. The maximum atomic E-state index is 8.74. The van der Waals surface area contributed by atoms with E-state index in [1.54, 1.807) is 0 Å². The summed E-state index contributed by atoms with van der Waals surface area (Å²) in [5, 5.41) is 0. The van der Waals surface area contributed by atoms with E-state index in [9.17, 15) is 0 Å². The fourth-order valence-corrected chi connectivity index (χ4v) is 0. The smallest absolute Gasteiger partial charge is 1.00 e. The van der Waals surface area contributed by atoms with Gasteiger partial charge in [0, 0.05) is 18.9 Å². The molecule has 0 aliphatic carbocycles. The third kappa shape index (κ3) is 5660. The standard InChI is InChI=1S/3Li.3H2O3Si.2H/c;;;3*1-4(2)3;;/h;;;3*1-2H;;/q;2*+1;;;;2*-1. The first kappa shape index (κ1) is 36.1. The van der Waals surface area contributed by atoms with Crippen LogP contribution in [-0.2, 0) is 13.4 Å². The third-order valence-corrected chi connectivity index (χ3v) is 0. The van der Waals surface area contributed by atoms with Crippen molar-refractivity contribution in [2.45, 2.75) is 0 Å². The van der Waals surface area contributed by atoms with Crippen LogP contribution in [0.2, 0.25) is 0 Å². The quantitative estimate of drug-likeness (QED) is 0.230. The minimum absolute atomic E-state index is 0. The summed E-state index contributed by atoms with van der Waals surface area (Å²) in [6.07, 6.45) is 0. The molecule has 15 heteroatoms. The van der Waals surface area contributed by atoms with E-state index in [4.69, 9.17) is 42.2 Å². The van der Waals surface area contributed by atoms with E-state index in [-0.39, 0.29) is 59.4 Å². The first-order chi connectivity index (χ1) is 5.20.